The zero-order valence-electron chi connectivity index (χ0n) is 13.5. The Balaban J connectivity index is 2.55. The minimum Gasteiger partial charge on any atom is -0.494 e. The van der Waals surface area contributed by atoms with Crippen molar-refractivity contribution >= 4 is 17.4 Å². The van der Waals surface area contributed by atoms with Crippen LogP contribution in [0.15, 0.2) is 35.3 Å². The summed E-state index contributed by atoms with van der Waals surface area (Å²) in [5.41, 5.74) is -1.01. The molecule has 0 spiro atoms. The molecule has 4 nitrogen and oxygen atoms in total. The molecule has 0 saturated carbocycles. The van der Waals surface area contributed by atoms with Crippen LogP contribution in [0.3, 0.4) is 0 Å². The van der Waals surface area contributed by atoms with Crippen molar-refractivity contribution in [1.82, 2.24) is 4.57 Å². The molecule has 0 aliphatic carbocycles. The van der Waals surface area contributed by atoms with Gasteiger partial charge < -0.3 is 9.30 Å². The third-order valence-corrected chi connectivity index (χ3v) is 3.75. The summed E-state index contributed by atoms with van der Waals surface area (Å²) in [5.74, 6) is 0.173. The summed E-state index contributed by atoms with van der Waals surface area (Å²) in [5, 5.41) is -0.532. The number of ether oxygens (including phenoxy) is 1. The molecule has 0 saturated heterocycles. The molecule has 0 aliphatic rings. The molecule has 2 rings (SSSR count). The lowest BCUT2D eigenvalue weighted by atomic mass is 10.1. The van der Waals surface area contributed by atoms with Crippen molar-refractivity contribution in [3.8, 4) is 5.75 Å². The van der Waals surface area contributed by atoms with Gasteiger partial charge in [0, 0.05) is 17.3 Å². The number of hydrogen-bond acceptors (Lipinski definition) is 3. The highest BCUT2D eigenvalue weighted by atomic mass is 35.5. The summed E-state index contributed by atoms with van der Waals surface area (Å²) in [6.07, 6.45) is -3.94. The van der Waals surface area contributed by atoms with E-state index in [2.05, 4.69) is 0 Å². The van der Waals surface area contributed by atoms with Crippen LogP contribution in [-0.2, 0) is 12.7 Å². The zero-order chi connectivity index (χ0) is 18.8. The smallest absolute Gasteiger partial charge is 0.417 e. The van der Waals surface area contributed by atoms with E-state index in [0.717, 1.165) is 4.57 Å². The van der Waals surface area contributed by atoms with E-state index in [1.807, 2.05) is 0 Å². The van der Waals surface area contributed by atoms with Crippen molar-refractivity contribution in [1.29, 1.82) is 0 Å². The Morgan fingerprint density at radius 3 is 2.52 bits per heavy atom. The highest BCUT2D eigenvalue weighted by Gasteiger charge is 2.32. The standard InChI is InChI=1S/C17H15ClF3NO3/c1-3-25-15-5-4-11(10(2)23)6-12(15)8-22-9-13(17(19,20)21)7-14(18)16(22)24/h4-7,9H,3,8H2,1-2H3. The van der Waals surface area contributed by atoms with Gasteiger partial charge in [-0.25, -0.2) is 0 Å². The molecular weight excluding hydrogens is 359 g/mol. The van der Waals surface area contributed by atoms with Crippen LogP contribution < -0.4 is 10.3 Å². The van der Waals surface area contributed by atoms with E-state index in [0.29, 0.717) is 35.7 Å². The van der Waals surface area contributed by atoms with E-state index in [4.69, 9.17) is 16.3 Å². The molecular formula is C17H15ClF3NO3. The number of halogens is 4. The average molecular weight is 374 g/mol. The summed E-state index contributed by atoms with van der Waals surface area (Å²) in [4.78, 5) is 23.6. The SMILES string of the molecule is CCOc1ccc(C(C)=O)cc1Cn1cc(C(F)(F)F)cc(Cl)c1=O. The number of aromatic nitrogens is 1. The van der Waals surface area contributed by atoms with Gasteiger partial charge in [0.25, 0.3) is 5.56 Å². The number of Topliss-reactive ketones (excluding diaryl/α,β-unsaturated/α-hetero) is 1. The summed E-state index contributed by atoms with van der Waals surface area (Å²) in [7, 11) is 0. The van der Waals surface area contributed by atoms with E-state index in [-0.39, 0.29) is 12.3 Å². The second-order valence-corrected chi connectivity index (χ2v) is 5.73. The molecule has 0 amide bonds. The number of benzene rings is 1. The van der Waals surface area contributed by atoms with Crippen LogP contribution in [-0.4, -0.2) is 17.0 Å². The molecule has 0 fully saturated rings. The van der Waals surface area contributed by atoms with E-state index < -0.39 is 22.3 Å². The van der Waals surface area contributed by atoms with Gasteiger partial charge in [-0.1, -0.05) is 11.6 Å². The fourth-order valence-electron chi connectivity index (χ4n) is 2.27. The Bertz CT molecular complexity index is 859. The molecule has 1 aromatic heterocycles. The van der Waals surface area contributed by atoms with Crippen LogP contribution in [0.5, 0.6) is 5.75 Å². The Labute approximate surface area is 146 Å². The molecule has 0 aliphatic heterocycles. The maximum absolute atomic E-state index is 12.9. The largest absolute Gasteiger partial charge is 0.494 e. The molecule has 2 aromatic rings. The Morgan fingerprint density at radius 2 is 1.96 bits per heavy atom. The molecule has 0 radical (unpaired) electrons. The summed E-state index contributed by atoms with van der Waals surface area (Å²) >= 11 is 5.66. The summed E-state index contributed by atoms with van der Waals surface area (Å²) < 4.78 is 45.1. The van der Waals surface area contributed by atoms with E-state index >= 15 is 0 Å². The van der Waals surface area contributed by atoms with Crippen LogP contribution in [0, 0.1) is 0 Å². The fourth-order valence-corrected chi connectivity index (χ4v) is 2.50. The first-order valence-corrected chi connectivity index (χ1v) is 7.75. The van der Waals surface area contributed by atoms with E-state index in [1.54, 1.807) is 19.1 Å². The maximum atomic E-state index is 12.9. The lowest BCUT2D eigenvalue weighted by Crippen LogP contribution is -2.23. The van der Waals surface area contributed by atoms with Crippen molar-refractivity contribution in [3.63, 3.8) is 0 Å². The van der Waals surface area contributed by atoms with Crippen molar-refractivity contribution < 1.29 is 22.7 Å². The van der Waals surface area contributed by atoms with Gasteiger partial charge in [0.2, 0.25) is 0 Å². The number of carbonyl (C=O) groups is 1. The van der Waals surface area contributed by atoms with Crippen molar-refractivity contribution in [3.05, 3.63) is 62.5 Å². The molecule has 25 heavy (non-hydrogen) atoms. The highest BCUT2D eigenvalue weighted by Crippen LogP contribution is 2.30. The van der Waals surface area contributed by atoms with Crippen molar-refractivity contribution in [2.24, 2.45) is 0 Å². The highest BCUT2D eigenvalue weighted by molar-refractivity contribution is 6.30. The molecule has 0 bridgehead atoms. The van der Waals surface area contributed by atoms with Gasteiger partial charge in [-0.3, -0.25) is 9.59 Å². The van der Waals surface area contributed by atoms with Gasteiger partial charge in [0.15, 0.2) is 5.78 Å². The molecule has 8 heteroatoms. The fraction of sp³-hybridized carbons (Fsp3) is 0.294. The molecule has 1 aromatic carbocycles. The Hall–Kier alpha value is -2.28. The number of ketones is 1. The van der Waals surface area contributed by atoms with E-state index in [9.17, 15) is 22.8 Å². The van der Waals surface area contributed by atoms with Gasteiger partial charge in [0.1, 0.15) is 10.8 Å². The normalized spacial score (nSPS) is 11.4. The predicted molar refractivity (Wildman–Crippen MR) is 87.4 cm³/mol. The first kappa shape index (κ1) is 19.1. The Kier molecular flexibility index (Phi) is 5.57. The molecule has 0 atom stereocenters. The zero-order valence-corrected chi connectivity index (χ0v) is 14.2. The second kappa shape index (κ2) is 7.31. The van der Waals surface area contributed by atoms with Crippen LogP contribution >= 0.6 is 11.6 Å². The van der Waals surface area contributed by atoms with Gasteiger partial charge >= 0.3 is 6.18 Å². The van der Waals surface area contributed by atoms with Gasteiger partial charge in [0.05, 0.1) is 18.7 Å². The minimum atomic E-state index is -4.64. The topological polar surface area (TPSA) is 48.3 Å². The predicted octanol–water partition coefficient (Wildman–Crippen LogP) is 4.17. The number of hydrogen-bond donors (Lipinski definition) is 0. The first-order chi connectivity index (χ1) is 11.6. The van der Waals surface area contributed by atoms with Crippen LogP contribution in [0.4, 0.5) is 13.2 Å². The average Bonchev–Trinajstić information content (AvgIpc) is 2.52. The maximum Gasteiger partial charge on any atom is 0.417 e. The monoisotopic (exact) mass is 373 g/mol. The lowest BCUT2D eigenvalue weighted by molar-refractivity contribution is -0.138. The van der Waals surface area contributed by atoms with E-state index in [1.165, 1.54) is 13.0 Å². The molecule has 0 N–H and O–H groups in total. The van der Waals surface area contributed by atoms with Crippen LogP contribution in [0.1, 0.15) is 35.3 Å². The summed E-state index contributed by atoms with van der Waals surface area (Å²) in [6, 6.07) is 5.19. The van der Waals surface area contributed by atoms with Gasteiger partial charge in [-0.05, 0) is 38.1 Å². The number of carbonyl (C=O) groups excluding carboxylic acids is 1. The number of nitrogens with zero attached hydrogens (tertiary/aromatic N) is 1. The van der Waals surface area contributed by atoms with Gasteiger partial charge in [-0.2, -0.15) is 13.2 Å². The third-order valence-electron chi connectivity index (χ3n) is 3.48. The number of pyridine rings is 1. The molecule has 1 heterocycles. The Morgan fingerprint density at radius 1 is 1.28 bits per heavy atom. The number of rotatable bonds is 5. The molecule has 0 unspecified atom stereocenters. The number of alkyl halides is 3. The van der Waals surface area contributed by atoms with Crippen molar-refractivity contribution in [2.75, 3.05) is 6.61 Å². The quantitative estimate of drug-likeness (QED) is 0.739. The first-order valence-electron chi connectivity index (χ1n) is 7.37. The summed E-state index contributed by atoms with van der Waals surface area (Å²) in [6.45, 7) is 3.23. The lowest BCUT2D eigenvalue weighted by Gasteiger charge is -2.15. The third kappa shape index (κ3) is 4.42. The van der Waals surface area contributed by atoms with Crippen LogP contribution in [0.25, 0.3) is 0 Å². The minimum absolute atomic E-state index is 0.209. The van der Waals surface area contributed by atoms with Crippen molar-refractivity contribution in [2.45, 2.75) is 26.6 Å². The molecule has 134 valence electrons. The van der Waals surface area contributed by atoms with Crippen LogP contribution in [0.2, 0.25) is 5.02 Å². The van der Waals surface area contributed by atoms with Gasteiger partial charge in [-0.15, -0.1) is 0 Å². The second-order valence-electron chi connectivity index (χ2n) is 5.32.